The molecule has 1 N–H and O–H groups in total. The number of carbonyl (C=O) groups excluding carboxylic acids is 1. The van der Waals surface area contributed by atoms with E-state index in [1.54, 1.807) is 0 Å². The second kappa shape index (κ2) is 8.97. The Morgan fingerprint density at radius 1 is 1.15 bits per heavy atom. The summed E-state index contributed by atoms with van der Waals surface area (Å²) >= 11 is 0. The van der Waals surface area contributed by atoms with Crippen molar-refractivity contribution >= 4 is 5.97 Å². The molecular formula is C22H27NO3. The molecule has 1 aliphatic carbocycles. The van der Waals surface area contributed by atoms with Gasteiger partial charge in [-0.2, -0.15) is 5.06 Å². The lowest BCUT2D eigenvalue weighted by molar-refractivity contribution is -0.152. The number of esters is 1. The molecule has 0 spiro atoms. The van der Waals surface area contributed by atoms with Crippen LogP contribution >= 0.6 is 0 Å². The maximum absolute atomic E-state index is 11.8. The Kier molecular flexibility index (Phi) is 6.42. The summed E-state index contributed by atoms with van der Waals surface area (Å²) in [6.07, 6.45) is 1.99. The summed E-state index contributed by atoms with van der Waals surface area (Å²) in [5.74, 6) is 0.622. The molecule has 0 bridgehead atoms. The molecule has 1 saturated carbocycles. The van der Waals surface area contributed by atoms with Gasteiger partial charge in [0.25, 0.3) is 0 Å². The predicted octanol–water partition coefficient (Wildman–Crippen LogP) is 4.39. The lowest BCUT2D eigenvalue weighted by Gasteiger charge is -2.26. The largest absolute Gasteiger partial charge is 0.466 e. The van der Waals surface area contributed by atoms with Crippen LogP contribution in [0.1, 0.15) is 43.2 Å². The molecule has 0 aliphatic heterocycles. The van der Waals surface area contributed by atoms with Gasteiger partial charge in [0.2, 0.25) is 0 Å². The molecule has 2 aromatic carbocycles. The molecule has 0 aromatic heterocycles. The van der Waals surface area contributed by atoms with Crippen LogP contribution in [0.3, 0.4) is 0 Å². The summed E-state index contributed by atoms with van der Waals surface area (Å²) in [5, 5.41) is 12.2. The molecule has 0 saturated heterocycles. The van der Waals surface area contributed by atoms with Gasteiger partial charge in [0.15, 0.2) is 0 Å². The van der Waals surface area contributed by atoms with E-state index in [4.69, 9.17) is 4.74 Å². The van der Waals surface area contributed by atoms with Gasteiger partial charge < -0.3 is 9.94 Å². The minimum absolute atomic E-state index is 0.0511. The SMILES string of the molecule is CCOC(=O)CCC([C@H]1C[C@@H]1c1ccccc1)N(O)Cc1ccccc1. The third-order valence-corrected chi connectivity index (χ3v) is 5.08. The minimum atomic E-state index is -0.192. The van der Waals surface area contributed by atoms with Gasteiger partial charge in [0.05, 0.1) is 6.61 Å². The first-order valence-electron chi connectivity index (χ1n) is 9.39. The first-order chi connectivity index (χ1) is 12.7. The molecule has 4 nitrogen and oxygen atoms in total. The van der Waals surface area contributed by atoms with Crippen molar-refractivity contribution in [1.29, 1.82) is 0 Å². The van der Waals surface area contributed by atoms with Crippen molar-refractivity contribution in [3.63, 3.8) is 0 Å². The molecule has 138 valence electrons. The van der Waals surface area contributed by atoms with E-state index in [0.29, 0.717) is 37.8 Å². The average Bonchev–Trinajstić information content (AvgIpc) is 3.44. The van der Waals surface area contributed by atoms with Gasteiger partial charge >= 0.3 is 5.97 Å². The summed E-state index contributed by atoms with van der Waals surface area (Å²) < 4.78 is 5.06. The second-order valence-corrected chi connectivity index (χ2v) is 6.91. The van der Waals surface area contributed by atoms with Gasteiger partial charge in [0.1, 0.15) is 0 Å². The lowest BCUT2D eigenvalue weighted by atomic mass is 10.0. The summed E-state index contributed by atoms with van der Waals surface area (Å²) in [6.45, 7) is 2.67. The Bertz CT molecular complexity index is 687. The van der Waals surface area contributed by atoms with Crippen molar-refractivity contribution < 1.29 is 14.7 Å². The van der Waals surface area contributed by atoms with Crippen molar-refractivity contribution in [2.75, 3.05) is 6.61 Å². The van der Waals surface area contributed by atoms with Gasteiger partial charge in [-0.25, -0.2) is 0 Å². The van der Waals surface area contributed by atoms with E-state index in [9.17, 15) is 10.0 Å². The maximum atomic E-state index is 11.8. The topological polar surface area (TPSA) is 49.8 Å². The van der Waals surface area contributed by atoms with Crippen LogP contribution in [0.2, 0.25) is 0 Å². The van der Waals surface area contributed by atoms with Crippen molar-refractivity contribution in [3.8, 4) is 0 Å². The average molecular weight is 353 g/mol. The molecule has 3 rings (SSSR count). The van der Waals surface area contributed by atoms with Gasteiger partial charge in [-0.15, -0.1) is 0 Å². The highest BCUT2D eigenvalue weighted by atomic mass is 16.5. The molecule has 0 amide bonds. The first kappa shape index (κ1) is 18.6. The maximum Gasteiger partial charge on any atom is 0.305 e. The number of hydroxylamine groups is 2. The van der Waals surface area contributed by atoms with E-state index in [1.807, 2.05) is 43.3 Å². The number of carbonyl (C=O) groups is 1. The highest BCUT2D eigenvalue weighted by molar-refractivity contribution is 5.69. The zero-order chi connectivity index (χ0) is 18.4. The van der Waals surface area contributed by atoms with E-state index in [2.05, 4.69) is 24.3 Å². The molecule has 0 radical (unpaired) electrons. The molecule has 0 heterocycles. The second-order valence-electron chi connectivity index (χ2n) is 6.91. The third kappa shape index (κ3) is 4.93. The zero-order valence-electron chi connectivity index (χ0n) is 15.3. The van der Waals surface area contributed by atoms with Crippen molar-refractivity contribution in [2.24, 2.45) is 5.92 Å². The molecule has 3 atom stereocenters. The summed E-state index contributed by atoms with van der Waals surface area (Å²) in [7, 11) is 0. The van der Waals surface area contributed by atoms with E-state index in [-0.39, 0.29) is 12.0 Å². The number of ether oxygens (including phenoxy) is 1. The molecule has 2 aromatic rings. The molecule has 1 unspecified atom stereocenters. The van der Waals surface area contributed by atoms with E-state index >= 15 is 0 Å². The smallest absolute Gasteiger partial charge is 0.305 e. The molecule has 1 fully saturated rings. The molecular weight excluding hydrogens is 326 g/mol. The van der Waals surface area contributed by atoms with Gasteiger partial charge in [-0.05, 0) is 42.7 Å². The third-order valence-electron chi connectivity index (χ3n) is 5.08. The van der Waals surface area contributed by atoms with Crippen LogP contribution in [-0.2, 0) is 16.1 Å². The Balaban J connectivity index is 1.66. The number of hydrogen-bond donors (Lipinski definition) is 1. The Morgan fingerprint density at radius 3 is 2.46 bits per heavy atom. The highest BCUT2D eigenvalue weighted by Crippen LogP contribution is 2.51. The molecule has 1 aliphatic rings. The highest BCUT2D eigenvalue weighted by Gasteiger charge is 2.45. The Hall–Kier alpha value is -2.17. The predicted molar refractivity (Wildman–Crippen MR) is 101 cm³/mol. The van der Waals surface area contributed by atoms with Gasteiger partial charge in [-0.3, -0.25) is 4.79 Å². The molecule has 26 heavy (non-hydrogen) atoms. The van der Waals surface area contributed by atoms with Crippen LogP contribution in [-0.4, -0.2) is 28.9 Å². The number of benzene rings is 2. The Labute approximate surface area is 155 Å². The van der Waals surface area contributed by atoms with Crippen LogP contribution in [0.25, 0.3) is 0 Å². The fraction of sp³-hybridized carbons (Fsp3) is 0.409. The normalized spacial score (nSPS) is 20.0. The zero-order valence-corrected chi connectivity index (χ0v) is 15.3. The van der Waals surface area contributed by atoms with Crippen LogP contribution in [0, 0.1) is 5.92 Å². The van der Waals surface area contributed by atoms with Crippen LogP contribution in [0.15, 0.2) is 60.7 Å². The van der Waals surface area contributed by atoms with Crippen LogP contribution < -0.4 is 0 Å². The first-order valence-corrected chi connectivity index (χ1v) is 9.39. The van der Waals surface area contributed by atoms with E-state index in [1.165, 1.54) is 10.6 Å². The summed E-state index contributed by atoms with van der Waals surface area (Å²) in [4.78, 5) is 11.8. The quantitative estimate of drug-likeness (QED) is 0.536. The van der Waals surface area contributed by atoms with Crippen molar-refractivity contribution in [2.45, 2.75) is 44.7 Å². The summed E-state index contributed by atoms with van der Waals surface area (Å²) in [6, 6.07) is 20.3. The van der Waals surface area contributed by atoms with Gasteiger partial charge in [0, 0.05) is 19.0 Å². The minimum Gasteiger partial charge on any atom is -0.466 e. The van der Waals surface area contributed by atoms with Gasteiger partial charge in [-0.1, -0.05) is 60.7 Å². The number of hydrogen-bond acceptors (Lipinski definition) is 4. The number of nitrogens with zero attached hydrogens (tertiary/aromatic N) is 1. The fourth-order valence-corrected chi connectivity index (χ4v) is 3.69. The monoisotopic (exact) mass is 353 g/mol. The lowest BCUT2D eigenvalue weighted by Crippen LogP contribution is -2.34. The van der Waals surface area contributed by atoms with Crippen molar-refractivity contribution in [1.82, 2.24) is 5.06 Å². The van der Waals surface area contributed by atoms with E-state index in [0.717, 1.165) is 12.0 Å². The fourth-order valence-electron chi connectivity index (χ4n) is 3.69. The van der Waals surface area contributed by atoms with Crippen LogP contribution in [0.4, 0.5) is 0 Å². The number of rotatable bonds is 9. The van der Waals surface area contributed by atoms with Crippen LogP contribution in [0.5, 0.6) is 0 Å². The summed E-state index contributed by atoms with van der Waals surface area (Å²) in [5.41, 5.74) is 2.37. The standard InChI is InChI=1S/C22H27NO3/c1-2-26-22(24)14-13-21(23(25)16-17-9-5-3-6-10-17)20-15-19(20)18-11-7-4-8-12-18/h3-12,19-21,25H,2,13-16H2,1H3/t19-,20+,21?/m1/s1. The van der Waals surface area contributed by atoms with Crippen molar-refractivity contribution in [3.05, 3.63) is 71.8 Å². The van der Waals surface area contributed by atoms with E-state index < -0.39 is 0 Å². The molecule has 4 heteroatoms. The Morgan fingerprint density at radius 2 is 1.81 bits per heavy atom.